The summed E-state index contributed by atoms with van der Waals surface area (Å²) in [5, 5.41) is 2.63. The van der Waals surface area contributed by atoms with Crippen LogP contribution in [0.1, 0.15) is 27.2 Å². The van der Waals surface area contributed by atoms with Crippen LogP contribution >= 0.6 is 11.8 Å². The summed E-state index contributed by atoms with van der Waals surface area (Å²) in [5.41, 5.74) is -0.121. The number of pyridine rings is 1. The minimum atomic E-state index is -0.508. The molecule has 2 amide bonds. The second kappa shape index (κ2) is 6.64. The molecule has 1 fully saturated rings. The molecule has 0 spiro atoms. The van der Waals surface area contributed by atoms with Crippen molar-refractivity contribution in [1.29, 1.82) is 0 Å². The molecule has 7 heteroatoms. The zero-order chi connectivity index (χ0) is 16.3. The number of hydrogen-bond donors (Lipinski definition) is 1. The molecule has 1 unspecified atom stereocenters. The van der Waals surface area contributed by atoms with Gasteiger partial charge in [0, 0.05) is 12.2 Å². The fraction of sp³-hybridized carbons (Fsp3) is 0.533. The summed E-state index contributed by atoms with van der Waals surface area (Å²) in [6.07, 6.45) is 1.44. The van der Waals surface area contributed by atoms with Gasteiger partial charge < -0.3 is 10.2 Å². The number of halogens is 1. The molecule has 1 aliphatic rings. The second-order valence-corrected chi connectivity index (χ2v) is 7.47. The third-order valence-corrected chi connectivity index (χ3v) is 4.18. The average Bonchev–Trinajstić information content (AvgIpc) is 2.89. The molecule has 1 atom stereocenters. The van der Waals surface area contributed by atoms with Crippen molar-refractivity contribution >= 4 is 29.4 Å². The molecule has 120 valence electrons. The quantitative estimate of drug-likeness (QED) is 0.927. The zero-order valence-electron chi connectivity index (χ0n) is 12.9. The topological polar surface area (TPSA) is 62.3 Å². The Bertz CT molecular complexity index is 557. The van der Waals surface area contributed by atoms with Crippen molar-refractivity contribution in [2.45, 2.75) is 33.2 Å². The van der Waals surface area contributed by atoms with Crippen molar-refractivity contribution in [3.63, 3.8) is 0 Å². The first-order valence-electron chi connectivity index (χ1n) is 7.06. The van der Waals surface area contributed by atoms with Gasteiger partial charge in [-0.15, -0.1) is 11.8 Å². The van der Waals surface area contributed by atoms with E-state index in [1.54, 1.807) is 16.7 Å². The van der Waals surface area contributed by atoms with Gasteiger partial charge in [0.25, 0.3) is 0 Å². The summed E-state index contributed by atoms with van der Waals surface area (Å²) in [6, 6.07) is 2.12. The van der Waals surface area contributed by atoms with Crippen LogP contribution in [0.3, 0.4) is 0 Å². The Morgan fingerprint density at radius 1 is 1.45 bits per heavy atom. The predicted molar refractivity (Wildman–Crippen MR) is 84.9 cm³/mol. The van der Waals surface area contributed by atoms with Gasteiger partial charge in [-0.3, -0.25) is 9.59 Å². The van der Waals surface area contributed by atoms with Crippen molar-refractivity contribution < 1.29 is 14.0 Å². The average molecular weight is 325 g/mol. The van der Waals surface area contributed by atoms with E-state index in [0.29, 0.717) is 18.1 Å². The Labute approximate surface area is 133 Å². The van der Waals surface area contributed by atoms with E-state index in [2.05, 4.69) is 10.3 Å². The number of aromatic nitrogens is 1. The smallest absolute Gasteiger partial charge is 0.249 e. The van der Waals surface area contributed by atoms with Crippen molar-refractivity contribution in [2.24, 2.45) is 5.41 Å². The molecule has 2 rings (SSSR count). The summed E-state index contributed by atoms with van der Waals surface area (Å²) in [5.74, 6) is 0.589. The summed E-state index contributed by atoms with van der Waals surface area (Å²) in [6.45, 7) is 5.98. The Balaban J connectivity index is 2.01. The summed E-state index contributed by atoms with van der Waals surface area (Å²) in [7, 11) is 0. The number of nitrogens with one attached hydrogen (secondary N) is 1. The van der Waals surface area contributed by atoms with Crippen molar-refractivity contribution in [1.82, 2.24) is 9.88 Å². The number of carbonyl (C=O) groups is 2. The van der Waals surface area contributed by atoms with Gasteiger partial charge >= 0.3 is 0 Å². The van der Waals surface area contributed by atoms with E-state index >= 15 is 0 Å². The second-order valence-electron chi connectivity index (χ2n) is 6.47. The molecule has 0 radical (unpaired) electrons. The van der Waals surface area contributed by atoms with Crippen LogP contribution in [0.15, 0.2) is 18.3 Å². The summed E-state index contributed by atoms with van der Waals surface area (Å²) >= 11 is 1.55. The van der Waals surface area contributed by atoms with Gasteiger partial charge in [-0.25, -0.2) is 9.37 Å². The first-order chi connectivity index (χ1) is 10.3. The van der Waals surface area contributed by atoms with Crippen LogP contribution in [-0.2, 0) is 9.59 Å². The first kappa shape index (κ1) is 16.7. The standard InChI is InChI=1S/C15H20FN3O2S/c1-15(2,3)6-13(20)19-9-22-8-11(19)14(21)18-12-5-4-10(16)7-17-12/h4-5,7,11H,6,8-9H2,1-3H3,(H,17,18,21). The maximum absolute atomic E-state index is 12.8. The fourth-order valence-electron chi connectivity index (χ4n) is 2.12. The highest BCUT2D eigenvalue weighted by molar-refractivity contribution is 7.99. The predicted octanol–water partition coefficient (Wildman–Crippen LogP) is 2.50. The number of hydrogen-bond acceptors (Lipinski definition) is 4. The highest BCUT2D eigenvalue weighted by atomic mass is 32.2. The van der Waals surface area contributed by atoms with Crippen molar-refractivity contribution in [3.8, 4) is 0 Å². The molecule has 0 aliphatic carbocycles. The van der Waals surface area contributed by atoms with Gasteiger partial charge in [0.1, 0.15) is 17.7 Å². The van der Waals surface area contributed by atoms with Gasteiger partial charge in [0.05, 0.1) is 12.1 Å². The molecule has 1 N–H and O–H groups in total. The van der Waals surface area contributed by atoms with E-state index in [1.807, 2.05) is 20.8 Å². The van der Waals surface area contributed by atoms with Gasteiger partial charge in [-0.1, -0.05) is 20.8 Å². The van der Waals surface area contributed by atoms with Gasteiger partial charge in [0.2, 0.25) is 11.8 Å². The van der Waals surface area contributed by atoms with Crippen LogP contribution in [0, 0.1) is 11.2 Å². The lowest BCUT2D eigenvalue weighted by Gasteiger charge is -2.26. The maximum Gasteiger partial charge on any atom is 0.249 e. The SMILES string of the molecule is CC(C)(C)CC(=O)N1CSCC1C(=O)Nc1ccc(F)cn1. The number of amides is 2. The van der Waals surface area contributed by atoms with Gasteiger partial charge in [0.15, 0.2) is 0 Å². The van der Waals surface area contributed by atoms with E-state index in [1.165, 1.54) is 12.1 Å². The molecule has 0 bridgehead atoms. The van der Waals surface area contributed by atoms with E-state index in [0.717, 1.165) is 6.20 Å². The van der Waals surface area contributed by atoms with Crippen LogP contribution in [0.5, 0.6) is 0 Å². The lowest BCUT2D eigenvalue weighted by Crippen LogP contribution is -2.45. The van der Waals surface area contributed by atoms with E-state index in [-0.39, 0.29) is 23.0 Å². The highest BCUT2D eigenvalue weighted by Crippen LogP contribution is 2.27. The zero-order valence-corrected chi connectivity index (χ0v) is 13.7. The molecular formula is C15H20FN3O2S. The molecule has 0 saturated carbocycles. The monoisotopic (exact) mass is 325 g/mol. The molecule has 1 aromatic heterocycles. The van der Waals surface area contributed by atoms with Crippen LogP contribution in [-0.4, -0.2) is 39.4 Å². The first-order valence-corrected chi connectivity index (χ1v) is 8.21. The Kier molecular flexibility index (Phi) is 5.05. The van der Waals surface area contributed by atoms with E-state index in [4.69, 9.17) is 0 Å². The molecule has 1 saturated heterocycles. The lowest BCUT2D eigenvalue weighted by atomic mass is 9.91. The molecule has 22 heavy (non-hydrogen) atoms. The van der Waals surface area contributed by atoms with E-state index < -0.39 is 11.9 Å². The molecule has 1 aromatic rings. The fourth-order valence-corrected chi connectivity index (χ4v) is 3.30. The van der Waals surface area contributed by atoms with E-state index in [9.17, 15) is 14.0 Å². The van der Waals surface area contributed by atoms with Gasteiger partial charge in [-0.05, 0) is 17.5 Å². The maximum atomic E-state index is 12.8. The van der Waals surface area contributed by atoms with Crippen molar-refractivity contribution in [2.75, 3.05) is 16.9 Å². The van der Waals surface area contributed by atoms with Crippen LogP contribution in [0.25, 0.3) is 0 Å². The summed E-state index contributed by atoms with van der Waals surface area (Å²) in [4.78, 5) is 30.1. The third-order valence-electron chi connectivity index (χ3n) is 3.17. The van der Waals surface area contributed by atoms with Crippen molar-refractivity contribution in [3.05, 3.63) is 24.1 Å². The van der Waals surface area contributed by atoms with Crippen LogP contribution in [0.4, 0.5) is 10.2 Å². The number of rotatable bonds is 3. The number of thioether (sulfide) groups is 1. The molecular weight excluding hydrogens is 305 g/mol. The minimum Gasteiger partial charge on any atom is -0.321 e. The molecule has 5 nitrogen and oxygen atoms in total. The minimum absolute atomic E-state index is 0.0234. The molecule has 0 aromatic carbocycles. The Morgan fingerprint density at radius 3 is 2.77 bits per heavy atom. The number of nitrogens with zero attached hydrogens (tertiary/aromatic N) is 2. The number of anilines is 1. The normalized spacial score (nSPS) is 18.4. The summed E-state index contributed by atoms with van der Waals surface area (Å²) < 4.78 is 12.8. The lowest BCUT2D eigenvalue weighted by molar-refractivity contribution is -0.137. The highest BCUT2D eigenvalue weighted by Gasteiger charge is 2.35. The van der Waals surface area contributed by atoms with Gasteiger partial charge in [-0.2, -0.15) is 0 Å². The largest absolute Gasteiger partial charge is 0.321 e. The molecule has 2 heterocycles. The number of carbonyl (C=O) groups excluding carboxylic acids is 2. The third kappa shape index (κ3) is 4.43. The Hall–Kier alpha value is -1.63. The van der Waals surface area contributed by atoms with Crippen LogP contribution < -0.4 is 5.32 Å². The van der Waals surface area contributed by atoms with Crippen LogP contribution in [0.2, 0.25) is 0 Å². The molecule has 1 aliphatic heterocycles. The Morgan fingerprint density at radius 2 is 2.18 bits per heavy atom.